The molecule has 72 valence electrons. The molecule has 0 amide bonds. The van der Waals surface area contributed by atoms with Gasteiger partial charge in [-0.3, -0.25) is 0 Å². The van der Waals surface area contributed by atoms with Crippen molar-refractivity contribution in [3.8, 4) is 23.9 Å². The van der Waals surface area contributed by atoms with Gasteiger partial charge in [0.2, 0.25) is 0 Å². The molecule has 0 aliphatic rings. The Labute approximate surface area is 85.7 Å². The summed E-state index contributed by atoms with van der Waals surface area (Å²) < 4.78 is 0. The zero-order valence-corrected chi connectivity index (χ0v) is 12.7. The van der Waals surface area contributed by atoms with E-state index in [9.17, 15) is 0 Å². The minimum Gasteiger partial charge on any atom is -0.139 e. The van der Waals surface area contributed by atoms with Crippen molar-refractivity contribution in [2.45, 2.75) is 39.3 Å². The van der Waals surface area contributed by atoms with Crippen LogP contribution in [0.5, 0.6) is 0 Å². The van der Waals surface area contributed by atoms with Crippen molar-refractivity contribution in [3.63, 3.8) is 0 Å². The molecule has 0 spiro atoms. The fourth-order valence-electron chi connectivity index (χ4n) is 1.14. The Morgan fingerprint density at radius 3 is 1.08 bits per heavy atom. The number of rotatable bonds is 2. The highest BCUT2D eigenvalue weighted by molar-refractivity contribution is 7.71. The van der Waals surface area contributed by atoms with E-state index in [1.807, 2.05) is 0 Å². The van der Waals surface area contributed by atoms with E-state index in [2.05, 4.69) is 50.4 Å². The summed E-state index contributed by atoms with van der Waals surface area (Å²) in [7, 11) is -4.30. The molecule has 0 atom stereocenters. The molecule has 0 aliphatic carbocycles. The molecule has 0 saturated carbocycles. The Morgan fingerprint density at radius 2 is 0.923 bits per heavy atom. The molecular weight excluding hydrogens is 204 g/mol. The lowest BCUT2D eigenvalue weighted by Crippen LogP contribution is -2.69. The van der Waals surface area contributed by atoms with Crippen molar-refractivity contribution in [1.82, 2.24) is 0 Å². The second kappa shape index (κ2) is 3.49. The van der Waals surface area contributed by atoms with Crippen molar-refractivity contribution in [1.29, 1.82) is 0 Å². The Hall–Kier alpha value is -0.229. The van der Waals surface area contributed by atoms with Crippen LogP contribution in [0.3, 0.4) is 0 Å². The minimum absolute atomic E-state index is 1.35. The van der Waals surface area contributed by atoms with Crippen LogP contribution < -0.4 is 0 Å². The summed E-state index contributed by atoms with van der Waals surface area (Å²) in [4.78, 5) is 0. The van der Waals surface area contributed by atoms with Gasteiger partial charge < -0.3 is 0 Å². The summed E-state index contributed by atoms with van der Waals surface area (Å²) in [6.07, 6.45) is 11.3. The van der Waals surface area contributed by atoms with Crippen LogP contribution in [0.25, 0.3) is 0 Å². The first-order chi connectivity index (χ1) is 5.62. The molecular formula is C10H20Si3. The van der Waals surface area contributed by atoms with E-state index in [4.69, 9.17) is 12.8 Å². The fraction of sp³-hybridized carbons (Fsp3) is 0.600. The quantitative estimate of drug-likeness (QED) is 0.500. The summed E-state index contributed by atoms with van der Waals surface area (Å²) in [5.41, 5.74) is 6.12. The Morgan fingerprint density at radius 1 is 0.692 bits per heavy atom. The minimum atomic E-state index is -1.48. The van der Waals surface area contributed by atoms with Crippen LogP contribution >= 0.6 is 0 Å². The van der Waals surface area contributed by atoms with Gasteiger partial charge in [-0.2, -0.15) is 0 Å². The smallest absolute Gasteiger partial charge is 0.121 e. The third-order valence-corrected chi connectivity index (χ3v) is 42.4. The van der Waals surface area contributed by atoms with Crippen molar-refractivity contribution < 1.29 is 0 Å². The van der Waals surface area contributed by atoms with Gasteiger partial charge in [0.25, 0.3) is 0 Å². The second-order valence-electron chi connectivity index (χ2n) is 5.16. The predicted molar refractivity (Wildman–Crippen MR) is 70.1 cm³/mol. The molecule has 0 N–H and O–H groups in total. The molecule has 0 aliphatic heterocycles. The first-order valence-corrected chi connectivity index (χ1v) is 15.6. The van der Waals surface area contributed by atoms with Crippen LogP contribution in [-0.2, 0) is 0 Å². The number of terminal acetylenes is 2. The van der Waals surface area contributed by atoms with Gasteiger partial charge in [0, 0.05) is 0 Å². The van der Waals surface area contributed by atoms with Gasteiger partial charge in [0.1, 0.15) is 15.2 Å². The average Bonchev–Trinajstić information content (AvgIpc) is 2.03. The molecule has 0 heterocycles. The lowest BCUT2D eigenvalue weighted by atomic mass is 11.4. The zero-order chi connectivity index (χ0) is 10.9. The van der Waals surface area contributed by atoms with Gasteiger partial charge in [-0.25, -0.2) is 0 Å². The largest absolute Gasteiger partial charge is 0.139 e. The molecule has 0 nitrogen and oxygen atoms in total. The second-order valence-corrected chi connectivity index (χ2v) is 32.0. The van der Waals surface area contributed by atoms with Crippen molar-refractivity contribution in [3.05, 3.63) is 0 Å². The monoisotopic (exact) mass is 224 g/mol. The van der Waals surface area contributed by atoms with E-state index in [1.54, 1.807) is 0 Å². The summed E-state index contributed by atoms with van der Waals surface area (Å²) in [6.45, 7) is 14.0. The molecule has 0 fully saturated rings. The maximum atomic E-state index is 5.64. The number of hydrogen-bond donors (Lipinski definition) is 0. The van der Waals surface area contributed by atoms with Crippen LogP contribution in [0.15, 0.2) is 0 Å². The van der Waals surface area contributed by atoms with Gasteiger partial charge in [-0.15, -0.1) is 23.9 Å². The third kappa shape index (κ3) is 1.99. The standard InChI is InChI=1S/C10H20Si3/c1-9-11(3,4)13(7,8)12(5,6)10-2/h1-2H,3-8H3. The third-order valence-electron chi connectivity index (χ3n) is 3.85. The van der Waals surface area contributed by atoms with E-state index < -0.39 is 22.3 Å². The van der Waals surface area contributed by atoms with E-state index in [0.717, 1.165) is 0 Å². The zero-order valence-electron chi connectivity index (χ0n) is 9.65. The molecule has 0 saturated heterocycles. The van der Waals surface area contributed by atoms with Crippen LogP contribution in [0.1, 0.15) is 0 Å². The van der Waals surface area contributed by atoms with Gasteiger partial charge in [-0.1, -0.05) is 39.3 Å². The van der Waals surface area contributed by atoms with Gasteiger partial charge in [0.05, 0.1) is 7.11 Å². The lowest BCUT2D eigenvalue weighted by molar-refractivity contribution is 1.81. The molecule has 0 aromatic carbocycles. The average molecular weight is 225 g/mol. The Balaban J connectivity index is 5.26. The first-order valence-electron chi connectivity index (χ1n) is 4.58. The summed E-state index contributed by atoms with van der Waals surface area (Å²) in [5.74, 6) is 0. The van der Waals surface area contributed by atoms with Crippen molar-refractivity contribution in [2.24, 2.45) is 0 Å². The molecule has 0 bridgehead atoms. The fourth-order valence-corrected chi connectivity index (χ4v) is 25.6. The SMILES string of the molecule is C#C[Si](C)(C)[Si](C)(C)[Si](C)(C)C#C. The van der Waals surface area contributed by atoms with E-state index >= 15 is 0 Å². The van der Waals surface area contributed by atoms with E-state index in [-0.39, 0.29) is 0 Å². The Bertz CT molecular complexity index is 246. The van der Waals surface area contributed by atoms with Gasteiger partial charge in [-0.05, 0) is 0 Å². The van der Waals surface area contributed by atoms with Crippen LogP contribution in [0.4, 0.5) is 0 Å². The van der Waals surface area contributed by atoms with Crippen LogP contribution in [0.2, 0.25) is 39.3 Å². The van der Waals surface area contributed by atoms with Crippen LogP contribution in [-0.4, -0.2) is 22.3 Å². The molecule has 13 heavy (non-hydrogen) atoms. The molecule has 0 aromatic heterocycles. The summed E-state index contributed by atoms with van der Waals surface area (Å²) in [6, 6.07) is 0. The predicted octanol–water partition coefficient (Wildman–Crippen LogP) is 2.61. The molecule has 0 radical (unpaired) electrons. The number of hydrogen-bond acceptors (Lipinski definition) is 0. The van der Waals surface area contributed by atoms with Crippen molar-refractivity contribution in [2.75, 3.05) is 0 Å². The first kappa shape index (κ1) is 12.8. The highest BCUT2D eigenvalue weighted by Gasteiger charge is 2.51. The summed E-state index contributed by atoms with van der Waals surface area (Å²) in [5, 5.41) is 0. The topological polar surface area (TPSA) is 0 Å². The maximum absolute atomic E-state index is 5.64. The van der Waals surface area contributed by atoms with E-state index in [0.29, 0.717) is 0 Å². The lowest BCUT2D eigenvalue weighted by Gasteiger charge is -2.42. The van der Waals surface area contributed by atoms with E-state index in [1.165, 1.54) is 0 Å². The molecule has 0 unspecified atom stereocenters. The molecule has 0 rings (SSSR count). The normalized spacial score (nSPS) is 13.2. The molecule has 3 heteroatoms. The van der Waals surface area contributed by atoms with Gasteiger partial charge in [0.15, 0.2) is 0 Å². The highest BCUT2D eigenvalue weighted by atomic mass is 29.6. The van der Waals surface area contributed by atoms with Crippen molar-refractivity contribution >= 4 is 22.3 Å². The highest BCUT2D eigenvalue weighted by Crippen LogP contribution is 2.27. The molecule has 0 aromatic rings. The van der Waals surface area contributed by atoms with Gasteiger partial charge >= 0.3 is 0 Å². The van der Waals surface area contributed by atoms with Crippen LogP contribution in [0, 0.1) is 23.9 Å². The summed E-state index contributed by atoms with van der Waals surface area (Å²) >= 11 is 0. The maximum Gasteiger partial charge on any atom is 0.121 e. The Kier molecular flexibility index (Phi) is 3.43.